The molecule has 3 N–H and O–H groups in total. The summed E-state index contributed by atoms with van der Waals surface area (Å²) in [6, 6.07) is 4.10. The average molecular weight is 256 g/mol. The maximum atomic E-state index is 11.9. The van der Waals surface area contributed by atoms with Crippen LogP contribution in [-0.2, 0) is 4.79 Å². The van der Waals surface area contributed by atoms with Crippen LogP contribution in [0.5, 0.6) is 0 Å². The van der Waals surface area contributed by atoms with E-state index in [-0.39, 0.29) is 18.6 Å². The fourth-order valence-electron chi connectivity index (χ4n) is 1.42. The molecular formula is C12H14ClNO3. The van der Waals surface area contributed by atoms with Crippen molar-refractivity contribution in [2.45, 2.75) is 25.8 Å². The van der Waals surface area contributed by atoms with Gasteiger partial charge >= 0.3 is 5.97 Å². The molecule has 1 unspecified atom stereocenters. The second kappa shape index (κ2) is 5.80. The van der Waals surface area contributed by atoms with E-state index in [9.17, 15) is 9.59 Å². The number of hydrogen-bond acceptors (Lipinski definition) is 3. The molecule has 1 atom stereocenters. The van der Waals surface area contributed by atoms with Crippen LogP contribution in [0.25, 0.3) is 0 Å². The molecule has 4 nitrogen and oxygen atoms in total. The first-order valence-electron chi connectivity index (χ1n) is 5.19. The molecule has 0 heterocycles. The van der Waals surface area contributed by atoms with E-state index < -0.39 is 12.0 Å². The molecular weight excluding hydrogens is 242 g/mol. The van der Waals surface area contributed by atoms with Gasteiger partial charge in [0.05, 0.1) is 6.04 Å². The summed E-state index contributed by atoms with van der Waals surface area (Å²) in [5, 5.41) is 9.09. The van der Waals surface area contributed by atoms with Crippen molar-refractivity contribution < 1.29 is 14.7 Å². The molecule has 0 aliphatic heterocycles. The van der Waals surface area contributed by atoms with E-state index in [1.165, 1.54) is 0 Å². The largest absolute Gasteiger partial charge is 0.481 e. The standard InChI is InChI=1S/C12H14ClNO3/c1-7-6-8(2-3-9(7)13)12(17)10(14)4-5-11(15)16/h2-3,6,10H,4-5,14H2,1H3,(H,15,16). The molecule has 1 aromatic carbocycles. The number of halogens is 1. The van der Waals surface area contributed by atoms with Gasteiger partial charge in [-0.3, -0.25) is 9.59 Å². The molecule has 0 radical (unpaired) electrons. The molecule has 1 aromatic rings. The number of carbonyl (C=O) groups excluding carboxylic acids is 1. The van der Waals surface area contributed by atoms with Crippen LogP contribution in [0.15, 0.2) is 18.2 Å². The highest BCUT2D eigenvalue weighted by atomic mass is 35.5. The molecule has 1 rings (SSSR count). The van der Waals surface area contributed by atoms with Crippen LogP contribution in [-0.4, -0.2) is 22.9 Å². The van der Waals surface area contributed by atoms with Crippen molar-refractivity contribution in [2.24, 2.45) is 5.73 Å². The van der Waals surface area contributed by atoms with Gasteiger partial charge in [-0.25, -0.2) is 0 Å². The van der Waals surface area contributed by atoms with Crippen LogP contribution in [0, 0.1) is 6.92 Å². The molecule has 0 amide bonds. The van der Waals surface area contributed by atoms with Gasteiger partial charge in [0.2, 0.25) is 0 Å². The number of benzene rings is 1. The maximum absolute atomic E-state index is 11.9. The Labute approximate surface area is 104 Å². The quantitative estimate of drug-likeness (QED) is 0.789. The van der Waals surface area contributed by atoms with E-state index in [2.05, 4.69) is 0 Å². The van der Waals surface area contributed by atoms with Crippen molar-refractivity contribution in [3.63, 3.8) is 0 Å². The number of nitrogens with two attached hydrogens (primary N) is 1. The van der Waals surface area contributed by atoms with Gasteiger partial charge in [-0.1, -0.05) is 11.6 Å². The zero-order valence-electron chi connectivity index (χ0n) is 9.44. The van der Waals surface area contributed by atoms with Crippen molar-refractivity contribution in [3.05, 3.63) is 34.3 Å². The molecule has 0 fully saturated rings. The zero-order chi connectivity index (χ0) is 13.0. The Morgan fingerprint density at radius 2 is 2.12 bits per heavy atom. The first-order chi connectivity index (χ1) is 7.91. The van der Waals surface area contributed by atoms with E-state index in [1.807, 2.05) is 0 Å². The summed E-state index contributed by atoms with van der Waals surface area (Å²) in [4.78, 5) is 22.2. The topological polar surface area (TPSA) is 80.4 Å². The smallest absolute Gasteiger partial charge is 0.303 e. The summed E-state index contributed by atoms with van der Waals surface area (Å²) in [6.45, 7) is 1.79. The van der Waals surface area contributed by atoms with E-state index in [4.69, 9.17) is 22.4 Å². The molecule has 17 heavy (non-hydrogen) atoms. The minimum absolute atomic E-state index is 0.112. The predicted molar refractivity (Wildman–Crippen MR) is 65.4 cm³/mol. The third-order valence-electron chi connectivity index (χ3n) is 2.45. The van der Waals surface area contributed by atoms with Crippen LogP contribution >= 0.6 is 11.6 Å². The van der Waals surface area contributed by atoms with E-state index in [1.54, 1.807) is 25.1 Å². The fourth-order valence-corrected chi connectivity index (χ4v) is 1.54. The molecule has 0 spiro atoms. The molecule has 0 aliphatic carbocycles. The Bertz CT molecular complexity index is 445. The van der Waals surface area contributed by atoms with Gasteiger partial charge in [0.15, 0.2) is 5.78 Å². The highest BCUT2D eigenvalue weighted by molar-refractivity contribution is 6.31. The summed E-state index contributed by atoms with van der Waals surface area (Å²) in [5.41, 5.74) is 6.90. The van der Waals surface area contributed by atoms with Crippen LogP contribution in [0.1, 0.15) is 28.8 Å². The van der Waals surface area contributed by atoms with Gasteiger partial charge in [-0.05, 0) is 37.1 Å². The lowest BCUT2D eigenvalue weighted by Crippen LogP contribution is -2.31. The Hall–Kier alpha value is -1.39. The Morgan fingerprint density at radius 1 is 1.47 bits per heavy atom. The van der Waals surface area contributed by atoms with Gasteiger partial charge in [-0.15, -0.1) is 0 Å². The van der Waals surface area contributed by atoms with Crippen molar-refractivity contribution in [3.8, 4) is 0 Å². The number of rotatable bonds is 5. The van der Waals surface area contributed by atoms with Crippen LogP contribution in [0.2, 0.25) is 5.02 Å². The number of carbonyl (C=O) groups is 2. The fraction of sp³-hybridized carbons (Fsp3) is 0.333. The molecule has 0 saturated heterocycles. The van der Waals surface area contributed by atoms with Gasteiger partial charge < -0.3 is 10.8 Å². The van der Waals surface area contributed by atoms with Gasteiger partial charge in [0, 0.05) is 17.0 Å². The third-order valence-corrected chi connectivity index (χ3v) is 2.87. The maximum Gasteiger partial charge on any atom is 0.303 e. The molecule has 5 heteroatoms. The van der Waals surface area contributed by atoms with Gasteiger partial charge in [-0.2, -0.15) is 0 Å². The van der Waals surface area contributed by atoms with Gasteiger partial charge in [0.1, 0.15) is 0 Å². The monoisotopic (exact) mass is 255 g/mol. The second-order valence-corrected chi connectivity index (χ2v) is 4.27. The molecule has 0 aliphatic rings. The number of carboxylic acid groups (broad SMARTS) is 1. The molecule has 0 bridgehead atoms. The molecule has 92 valence electrons. The van der Waals surface area contributed by atoms with Crippen LogP contribution in [0.3, 0.4) is 0 Å². The first-order valence-corrected chi connectivity index (χ1v) is 5.57. The first kappa shape index (κ1) is 13.7. The van der Waals surface area contributed by atoms with E-state index in [0.717, 1.165) is 5.56 Å². The number of Topliss-reactive ketones (excluding diaryl/α,β-unsaturated/α-hetero) is 1. The lowest BCUT2D eigenvalue weighted by molar-refractivity contribution is -0.137. The Kier molecular flexibility index (Phi) is 4.66. The van der Waals surface area contributed by atoms with E-state index >= 15 is 0 Å². The normalized spacial score (nSPS) is 12.2. The number of carboxylic acids is 1. The minimum Gasteiger partial charge on any atom is -0.481 e. The second-order valence-electron chi connectivity index (χ2n) is 3.87. The number of aryl methyl sites for hydroxylation is 1. The zero-order valence-corrected chi connectivity index (χ0v) is 10.2. The van der Waals surface area contributed by atoms with Crippen LogP contribution < -0.4 is 5.73 Å². The average Bonchev–Trinajstić information content (AvgIpc) is 2.28. The van der Waals surface area contributed by atoms with Gasteiger partial charge in [0.25, 0.3) is 0 Å². The van der Waals surface area contributed by atoms with Crippen molar-refractivity contribution in [2.75, 3.05) is 0 Å². The Balaban J connectivity index is 2.74. The van der Waals surface area contributed by atoms with Crippen molar-refractivity contribution >= 4 is 23.4 Å². The predicted octanol–water partition coefficient (Wildman–Crippen LogP) is 2.02. The SMILES string of the molecule is Cc1cc(C(=O)C(N)CCC(=O)O)ccc1Cl. The highest BCUT2D eigenvalue weighted by Gasteiger charge is 2.17. The summed E-state index contributed by atoms with van der Waals surface area (Å²) in [5.74, 6) is -1.22. The third kappa shape index (κ3) is 3.84. The summed E-state index contributed by atoms with van der Waals surface area (Å²) < 4.78 is 0. The minimum atomic E-state index is -0.958. The molecule has 0 saturated carbocycles. The highest BCUT2D eigenvalue weighted by Crippen LogP contribution is 2.17. The number of ketones is 1. The number of hydrogen-bond donors (Lipinski definition) is 2. The summed E-state index contributed by atoms with van der Waals surface area (Å²) >= 11 is 5.85. The van der Waals surface area contributed by atoms with Crippen molar-refractivity contribution in [1.29, 1.82) is 0 Å². The van der Waals surface area contributed by atoms with E-state index in [0.29, 0.717) is 10.6 Å². The summed E-state index contributed by atoms with van der Waals surface area (Å²) in [7, 11) is 0. The molecule has 0 aromatic heterocycles. The van der Waals surface area contributed by atoms with Crippen molar-refractivity contribution in [1.82, 2.24) is 0 Å². The Morgan fingerprint density at radius 3 is 2.65 bits per heavy atom. The lowest BCUT2D eigenvalue weighted by atomic mass is 10.00. The lowest BCUT2D eigenvalue weighted by Gasteiger charge is -2.10. The van der Waals surface area contributed by atoms with Crippen LogP contribution in [0.4, 0.5) is 0 Å². The number of aliphatic carboxylic acids is 1. The summed E-state index contributed by atoms with van der Waals surface area (Å²) in [6.07, 6.45) is 0.0231.